The Morgan fingerprint density at radius 1 is 1.14 bits per heavy atom. The number of amides is 1. The van der Waals surface area contributed by atoms with Gasteiger partial charge in [-0.25, -0.2) is 13.9 Å². The summed E-state index contributed by atoms with van der Waals surface area (Å²) in [4.78, 5) is 30.3. The molecule has 2 aromatic carbocycles. The summed E-state index contributed by atoms with van der Waals surface area (Å²) in [5, 5.41) is 11.6. The molecule has 0 bridgehead atoms. The van der Waals surface area contributed by atoms with Crippen LogP contribution in [0.5, 0.6) is 0 Å². The molecule has 1 amide bonds. The number of nitrogens with one attached hydrogen (secondary N) is 1. The summed E-state index contributed by atoms with van der Waals surface area (Å²) < 4.78 is 8.04. The molecule has 1 atom stereocenters. The molecular weight excluding hydrogens is 444 g/mol. The van der Waals surface area contributed by atoms with Crippen molar-refractivity contribution < 1.29 is 9.32 Å². The molecule has 0 radical (unpaired) electrons. The van der Waals surface area contributed by atoms with Crippen LogP contribution in [0.15, 0.2) is 76.2 Å². The third-order valence-electron chi connectivity index (χ3n) is 6.30. The van der Waals surface area contributed by atoms with E-state index in [1.165, 1.54) is 9.96 Å². The predicted octanol–water partition coefficient (Wildman–Crippen LogP) is 3.33. The molecule has 0 saturated heterocycles. The van der Waals surface area contributed by atoms with E-state index in [0.717, 1.165) is 34.2 Å². The predicted molar refractivity (Wildman–Crippen MR) is 129 cm³/mol. The van der Waals surface area contributed by atoms with E-state index in [-0.39, 0.29) is 24.4 Å². The van der Waals surface area contributed by atoms with E-state index in [1.807, 2.05) is 49.4 Å². The first-order chi connectivity index (χ1) is 17.1. The van der Waals surface area contributed by atoms with E-state index in [9.17, 15) is 9.59 Å². The van der Waals surface area contributed by atoms with Gasteiger partial charge in [-0.1, -0.05) is 53.2 Å². The molecule has 9 nitrogen and oxygen atoms in total. The summed E-state index contributed by atoms with van der Waals surface area (Å²) in [5.74, 6) is 0.429. The average molecular weight is 467 g/mol. The zero-order valence-corrected chi connectivity index (χ0v) is 19.0. The molecule has 5 aromatic rings. The molecular formula is C26H22N6O3. The van der Waals surface area contributed by atoms with Crippen LogP contribution in [-0.4, -0.2) is 30.2 Å². The summed E-state index contributed by atoms with van der Waals surface area (Å²) in [6.07, 6.45) is 3.37. The van der Waals surface area contributed by atoms with E-state index in [4.69, 9.17) is 4.52 Å². The third-order valence-corrected chi connectivity index (χ3v) is 6.30. The van der Waals surface area contributed by atoms with Crippen LogP contribution in [0.4, 0.5) is 0 Å². The molecule has 1 unspecified atom stereocenters. The lowest BCUT2D eigenvalue weighted by Gasteiger charge is -2.13. The Hall–Kier alpha value is -4.53. The average Bonchev–Trinajstić information content (AvgIpc) is 3.58. The van der Waals surface area contributed by atoms with Crippen molar-refractivity contribution in [1.82, 2.24) is 29.6 Å². The van der Waals surface area contributed by atoms with Gasteiger partial charge in [0.15, 0.2) is 5.65 Å². The molecule has 3 heterocycles. The van der Waals surface area contributed by atoms with Gasteiger partial charge in [-0.3, -0.25) is 4.79 Å². The Labute approximate surface area is 200 Å². The van der Waals surface area contributed by atoms with E-state index in [1.54, 1.807) is 18.3 Å². The number of benzene rings is 2. The van der Waals surface area contributed by atoms with Gasteiger partial charge >= 0.3 is 5.69 Å². The summed E-state index contributed by atoms with van der Waals surface area (Å²) >= 11 is 0. The summed E-state index contributed by atoms with van der Waals surface area (Å²) in [6.45, 7) is 1.81. The maximum absolute atomic E-state index is 13.0. The van der Waals surface area contributed by atoms with Crippen LogP contribution in [0.2, 0.25) is 0 Å². The van der Waals surface area contributed by atoms with Gasteiger partial charge in [0.25, 0.3) is 5.89 Å². The highest BCUT2D eigenvalue weighted by Gasteiger charge is 2.24. The van der Waals surface area contributed by atoms with Gasteiger partial charge in [0, 0.05) is 11.8 Å². The van der Waals surface area contributed by atoms with Crippen molar-refractivity contribution in [1.29, 1.82) is 0 Å². The fourth-order valence-corrected chi connectivity index (χ4v) is 4.63. The minimum absolute atomic E-state index is 0.0552. The van der Waals surface area contributed by atoms with Crippen molar-refractivity contribution in [3.63, 3.8) is 0 Å². The zero-order valence-electron chi connectivity index (χ0n) is 19.0. The molecule has 6 rings (SSSR count). The number of nitrogens with zero attached hydrogens (tertiary/aromatic N) is 5. The summed E-state index contributed by atoms with van der Waals surface area (Å²) in [5.41, 5.74) is 4.74. The lowest BCUT2D eigenvalue weighted by atomic mass is 10.1. The number of aryl methyl sites for hydroxylation is 2. The van der Waals surface area contributed by atoms with Gasteiger partial charge in [0.1, 0.15) is 6.54 Å². The third kappa shape index (κ3) is 3.80. The largest absolute Gasteiger partial charge is 0.350 e. The van der Waals surface area contributed by atoms with Crippen LogP contribution in [-0.2, 0) is 17.8 Å². The highest BCUT2D eigenvalue weighted by atomic mass is 16.5. The number of pyridine rings is 1. The Bertz CT molecular complexity index is 1630. The molecule has 174 valence electrons. The number of fused-ring (bicyclic) bond motifs is 2. The molecule has 35 heavy (non-hydrogen) atoms. The Kier molecular flexibility index (Phi) is 5.02. The Morgan fingerprint density at radius 3 is 2.91 bits per heavy atom. The minimum atomic E-state index is -0.415. The van der Waals surface area contributed by atoms with Crippen LogP contribution < -0.4 is 11.0 Å². The standard InChI is InChI=1S/C26H22N6O3/c1-16-6-4-8-18(14-16)23-28-25(35-30-23)20-10-5-13-31-24(20)29-32(26(31)34)15-22(33)27-21-12-11-17-7-2-3-9-19(17)21/h2-10,13-14,21H,11-12,15H2,1H3,(H,27,33). The maximum Gasteiger partial charge on any atom is 0.350 e. The molecule has 0 fully saturated rings. The number of rotatable bonds is 5. The second-order valence-corrected chi connectivity index (χ2v) is 8.71. The first-order valence-electron chi connectivity index (χ1n) is 11.4. The molecule has 1 aliphatic carbocycles. The van der Waals surface area contributed by atoms with Gasteiger partial charge in [-0.15, -0.1) is 5.10 Å². The molecule has 0 aliphatic heterocycles. The monoisotopic (exact) mass is 466 g/mol. The molecule has 1 N–H and O–H groups in total. The Balaban J connectivity index is 1.28. The highest BCUT2D eigenvalue weighted by Crippen LogP contribution is 2.30. The highest BCUT2D eigenvalue weighted by molar-refractivity contribution is 5.77. The molecule has 3 aromatic heterocycles. The normalized spacial score (nSPS) is 14.8. The Morgan fingerprint density at radius 2 is 2.03 bits per heavy atom. The van der Waals surface area contributed by atoms with Crippen molar-refractivity contribution in [2.24, 2.45) is 0 Å². The molecule has 1 aliphatic rings. The zero-order chi connectivity index (χ0) is 23.9. The number of aromatic nitrogens is 5. The molecule has 0 saturated carbocycles. The van der Waals surface area contributed by atoms with E-state index in [0.29, 0.717) is 17.0 Å². The van der Waals surface area contributed by atoms with Crippen LogP contribution in [0.1, 0.15) is 29.2 Å². The number of carbonyl (C=O) groups excluding carboxylic acids is 1. The van der Waals surface area contributed by atoms with Crippen molar-refractivity contribution in [3.05, 3.63) is 94.0 Å². The number of hydrogen-bond donors (Lipinski definition) is 1. The van der Waals surface area contributed by atoms with E-state index < -0.39 is 5.69 Å². The van der Waals surface area contributed by atoms with Crippen molar-refractivity contribution in [2.45, 2.75) is 32.4 Å². The number of carbonyl (C=O) groups is 1. The number of hydrogen-bond acceptors (Lipinski definition) is 6. The van der Waals surface area contributed by atoms with E-state index in [2.05, 4.69) is 26.6 Å². The van der Waals surface area contributed by atoms with Gasteiger partial charge in [0.05, 0.1) is 11.6 Å². The van der Waals surface area contributed by atoms with Gasteiger partial charge in [-0.05, 0) is 49.1 Å². The quantitative estimate of drug-likeness (QED) is 0.426. The molecule has 9 heteroatoms. The maximum atomic E-state index is 13.0. The van der Waals surface area contributed by atoms with Gasteiger partial charge in [-0.2, -0.15) is 4.98 Å². The summed E-state index contributed by atoms with van der Waals surface area (Å²) in [6, 6.07) is 19.3. The van der Waals surface area contributed by atoms with Crippen LogP contribution >= 0.6 is 0 Å². The van der Waals surface area contributed by atoms with Crippen LogP contribution in [0, 0.1) is 6.92 Å². The van der Waals surface area contributed by atoms with E-state index >= 15 is 0 Å². The van der Waals surface area contributed by atoms with Crippen molar-refractivity contribution >= 4 is 11.6 Å². The van der Waals surface area contributed by atoms with Crippen LogP contribution in [0.3, 0.4) is 0 Å². The first kappa shape index (κ1) is 21.0. The smallest absolute Gasteiger partial charge is 0.348 e. The first-order valence-corrected chi connectivity index (χ1v) is 11.4. The van der Waals surface area contributed by atoms with Crippen LogP contribution in [0.25, 0.3) is 28.5 Å². The van der Waals surface area contributed by atoms with Gasteiger partial charge < -0.3 is 9.84 Å². The fraction of sp³-hybridized carbons (Fsp3) is 0.192. The minimum Gasteiger partial charge on any atom is -0.348 e. The fourth-order valence-electron chi connectivity index (χ4n) is 4.63. The van der Waals surface area contributed by atoms with Crippen molar-refractivity contribution in [3.8, 4) is 22.8 Å². The topological polar surface area (TPSA) is 107 Å². The SMILES string of the molecule is Cc1cccc(-c2noc(-c3cccn4c(=O)n(CC(=O)NC5CCc6ccccc65)nc34)n2)c1. The lowest BCUT2D eigenvalue weighted by molar-refractivity contribution is -0.122. The van der Waals surface area contributed by atoms with Crippen molar-refractivity contribution in [2.75, 3.05) is 0 Å². The molecule has 0 spiro atoms. The lowest BCUT2D eigenvalue weighted by Crippen LogP contribution is -2.34. The second kappa shape index (κ2) is 8.35. The summed E-state index contributed by atoms with van der Waals surface area (Å²) in [7, 11) is 0. The van der Waals surface area contributed by atoms with Gasteiger partial charge in [0.2, 0.25) is 11.7 Å². The second-order valence-electron chi connectivity index (χ2n) is 8.71.